The molecule has 0 saturated carbocycles. The van der Waals surface area contributed by atoms with Gasteiger partial charge in [0.2, 0.25) is 0 Å². The van der Waals surface area contributed by atoms with E-state index >= 15 is 0 Å². The van der Waals surface area contributed by atoms with Crippen molar-refractivity contribution in [2.75, 3.05) is 31.1 Å². The number of benzene rings is 1. The fourth-order valence-electron chi connectivity index (χ4n) is 2.52. The summed E-state index contributed by atoms with van der Waals surface area (Å²) in [7, 11) is 0. The first kappa shape index (κ1) is 15.2. The van der Waals surface area contributed by atoms with Gasteiger partial charge in [0.15, 0.2) is 0 Å². The highest BCUT2D eigenvalue weighted by Crippen LogP contribution is 2.12. The van der Waals surface area contributed by atoms with Gasteiger partial charge in [0, 0.05) is 50.7 Å². The second-order valence-electron chi connectivity index (χ2n) is 5.29. The van der Waals surface area contributed by atoms with Crippen LogP contribution in [0.2, 0.25) is 0 Å². The molecule has 7 heteroatoms. The molecule has 1 saturated heterocycles. The summed E-state index contributed by atoms with van der Waals surface area (Å²) in [6.07, 6.45) is 5.01. The number of carbonyl (C=O) groups is 1. The minimum Gasteiger partial charge on any atom is -0.352 e. The van der Waals surface area contributed by atoms with Crippen LogP contribution < -0.4 is 10.2 Å². The Balaban J connectivity index is 1.50. The molecule has 23 heavy (non-hydrogen) atoms. The fraction of sp³-hybridized carbons (Fsp3) is 0.312. The lowest BCUT2D eigenvalue weighted by atomic mass is 10.2. The van der Waals surface area contributed by atoms with Crippen LogP contribution in [0.3, 0.4) is 0 Å². The van der Waals surface area contributed by atoms with E-state index in [1.54, 1.807) is 41.7 Å². The summed E-state index contributed by atoms with van der Waals surface area (Å²) in [5.41, 5.74) is 0.485. The third-order valence-corrected chi connectivity index (χ3v) is 3.83. The summed E-state index contributed by atoms with van der Waals surface area (Å²) >= 11 is 0. The quantitative estimate of drug-likeness (QED) is 0.935. The van der Waals surface area contributed by atoms with Crippen molar-refractivity contribution in [1.82, 2.24) is 20.2 Å². The van der Waals surface area contributed by atoms with Gasteiger partial charge in [-0.2, -0.15) is 0 Å². The Kier molecular flexibility index (Phi) is 4.65. The maximum absolute atomic E-state index is 13.5. The molecular formula is C16H18FN5O. The fourth-order valence-corrected chi connectivity index (χ4v) is 2.52. The molecule has 1 aliphatic rings. The van der Waals surface area contributed by atoms with Crippen LogP contribution in [-0.2, 0) is 6.54 Å². The molecule has 1 aromatic heterocycles. The number of rotatable bonds is 3. The number of nitrogens with zero attached hydrogens (tertiary/aromatic N) is 4. The minimum absolute atomic E-state index is 0.174. The van der Waals surface area contributed by atoms with Crippen molar-refractivity contribution < 1.29 is 9.18 Å². The zero-order chi connectivity index (χ0) is 16.1. The highest BCUT2D eigenvalue weighted by atomic mass is 19.1. The van der Waals surface area contributed by atoms with Crippen molar-refractivity contribution in [2.45, 2.75) is 6.54 Å². The number of hydrogen-bond acceptors (Lipinski definition) is 4. The number of urea groups is 1. The Labute approximate surface area is 134 Å². The van der Waals surface area contributed by atoms with Crippen molar-refractivity contribution in [3.05, 3.63) is 54.2 Å². The summed E-state index contributed by atoms with van der Waals surface area (Å²) in [6, 6.07) is 6.27. The van der Waals surface area contributed by atoms with Gasteiger partial charge in [0.05, 0.1) is 6.20 Å². The Morgan fingerprint density at radius 2 is 1.96 bits per heavy atom. The molecule has 2 heterocycles. The first-order valence-electron chi connectivity index (χ1n) is 7.51. The number of carbonyl (C=O) groups excluding carboxylic acids is 1. The van der Waals surface area contributed by atoms with Crippen LogP contribution >= 0.6 is 0 Å². The van der Waals surface area contributed by atoms with Gasteiger partial charge in [-0.1, -0.05) is 18.2 Å². The smallest absolute Gasteiger partial charge is 0.317 e. The van der Waals surface area contributed by atoms with Gasteiger partial charge < -0.3 is 15.1 Å². The molecule has 1 fully saturated rings. The molecule has 3 rings (SSSR count). The van der Waals surface area contributed by atoms with Crippen molar-refractivity contribution in [3.8, 4) is 0 Å². The van der Waals surface area contributed by atoms with Crippen LogP contribution in [0.15, 0.2) is 42.9 Å². The highest BCUT2D eigenvalue weighted by molar-refractivity contribution is 5.74. The molecule has 2 aromatic rings. The van der Waals surface area contributed by atoms with Gasteiger partial charge in [0.25, 0.3) is 0 Å². The monoisotopic (exact) mass is 315 g/mol. The number of hydrogen-bond donors (Lipinski definition) is 1. The predicted molar refractivity (Wildman–Crippen MR) is 84.5 cm³/mol. The molecule has 2 amide bonds. The van der Waals surface area contributed by atoms with E-state index in [0.717, 1.165) is 5.82 Å². The average molecular weight is 315 g/mol. The number of piperazine rings is 1. The van der Waals surface area contributed by atoms with Gasteiger partial charge >= 0.3 is 6.03 Å². The summed E-state index contributed by atoms with van der Waals surface area (Å²) < 4.78 is 13.5. The Morgan fingerprint density at radius 1 is 1.17 bits per heavy atom. The molecule has 0 atom stereocenters. The minimum atomic E-state index is -0.305. The lowest BCUT2D eigenvalue weighted by molar-refractivity contribution is 0.193. The Bertz CT molecular complexity index is 659. The predicted octanol–water partition coefficient (Wildman–Crippen LogP) is 1.65. The van der Waals surface area contributed by atoms with E-state index < -0.39 is 0 Å². The lowest BCUT2D eigenvalue weighted by Crippen LogP contribution is -2.52. The largest absolute Gasteiger partial charge is 0.352 e. The zero-order valence-corrected chi connectivity index (χ0v) is 12.7. The van der Waals surface area contributed by atoms with Gasteiger partial charge in [-0.25, -0.2) is 14.2 Å². The molecule has 1 aliphatic heterocycles. The van der Waals surface area contributed by atoms with Crippen LogP contribution in [0.25, 0.3) is 0 Å². The second-order valence-corrected chi connectivity index (χ2v) is 5.29. The van der Waals surface area contributed by atoms with Gasteiger partial charge in [-0.15, -0.1) is 0 Å². The SMILES string of the molecule is O=C(NCc1ccccc1F)N1CCN(c2cnccn2)CC1. The Hall–Kier alpha value is -2.70. The van der Waals surface area contributed by atoms with Crippen LogP contribution in [-0.4, -0.2) is 47.1 Å². The normalized spacial score (nSPS) is 14.7. The van der Waals surface area contributed by atoms with E-state index in [0.29, 0.717) is 31.7 Å². The molecule has 1 N–H and O–H groups in total. The highest BCUT2D eigenvalue weighted by Gasteiger charge is 2.21. The molecule has 6 nitrogen and oxygen atoms in total. The third-order valence-electron chi connectivity index (χ3n) is 3.83. The number of amides is 2. The molecular weight excluding hydrogens is 297 g/mol. The maximum Gasteiger partial charge on any atom is 0.317 e. The molecule has 0 aliphatic carbocycles. The standard InChI is InChI=1S/C16H18FN5O/c17-14-4-2-1-3-13(14)11-20-16(23)22-9-7-21(8-10-22)15-12-18-5-6-19-15/h1-6,12H,7-11H2,(H,20,23). The van der Waals surface area contributed by atoms with Crippen molar-refractivity contribution in [1.29, 1.82) is 0 Å². The molecule has 120 valence electrons. The van der Waals surface area contributed by atoms with Crippen LogP contribution in [0.4, 0.5) is 15.0 Å². The summed E-state index contributed by atoms with van der Waals surface area (Å²) in [6.45, 7) is 2.78. The van der Waals surface area contributed by atoms with Gasteiger partial charge in [-0.3, -0.25) is 4.98 Å². The van der Waals surface area contributed by atoms with Crippen molar-refractivity contribution >= 4 is 11.8 Å². The lowest BCUT2D eigenvalue weighted by Gasteiger charge is -2.35. The molecule has 0 spiro atoms. The first-order chi connectivity index (χ1) is 11.2. The summed E-state index contributed by atoms with van der Waals surface area (Å²) in [4.78, 5) is 24.3. The van der Waals surface area contributed by atoms with Gasteiger partial charge in [-0.05, 0) is 6.07 Å². The van der Waals surface area contributed by atoms with E-state index in [1.165, 1.54) is 6.07 Å². The summed E-state index contributed by atoms with van der Waals surface area (Å²) in [5, 5.41) is 2.76. The zero-order valence-electron chi connectivity index (χ0n) is 12.7. The molecule has 0 bridgehead atoms. The molecule has 0 radical (unpaired) electrons. The van der Waals surface area contributed by atoms with Crippen LogP contribution in [0.1, 0.15) is 5.56 Å². The summed E-state index contributed by atoms with van der Waals surface area (Å²) in [5.74, 6) is 0.513. The van der Waals surface area contributed by atoms with E-state index in [-0.39, 0.29) is 18.4 Å². The van der Waals surface area contributed by atoms with E-state index in [9.17, 15) is 9.18 Å². The van der Waals surface area contributed by atoms with Crippen molar-refractivity contribution in [3.63, 3.8) is 0 Å². The first-order valence-corrected chi connectivity index (χ1v) is 7.51. The topological polar surface area (TPSA) is 61.4 Å². The van der Waals surface area contributed by atoms with Crippen LogP contribution in [0, 0.1) is 5.82 Å². The molecule has 0 unspecified atom stereocenters. The van der Waals surface area contributed by atoms with Crippen molar-refractivity contribution in [2.24, 2.45) is 0 Å². The van der Waals surface area contributed by atoms with E-state index in [1.807, 2.05) is 0 Å². The number of nitrogens with one attached hydrogen (secondary N) is 1. The number of anilines is 1. The third kappa shape index (κ3) is 3.74. The number of aromatic nitrogens is 2. The van der Waals surface area contributed by atoms with E-state index in [4.69, 9.17) is 0 Å². The van der Waals surface area contributed by atoms with Gasteiger partial charge in [0.1, 0.15) is 11.6 Å². The molecule has 1 aromatic carbocycles. The average Bonchev–Trinajstić information content (AvgIpc) is 2.62. The number of halogens is 1. The van der Waals surface area contributed by atoms with Crippen LogP contribution in [0.5, 0.6) is 0 Å². The maximum atomic E-state index is 13.5. The van der Waals surface area contributed by atoms with E-state index in [2.05, 4.69) is 20.2 Å². The Morgan fingerprint density at radius 3 is 2.65 bits per heavy atom. The second kappa shape index (κ2) is 7.04.